The Labute approximate surface area is 122 Å². The smallest absolute Gasteiger partial charge is 0.223 e. The maximum Gasteiger partial charge on any atom is 0.223 e. The average Bonchev–Trinajstić information content (AvgIpc) is 3.24. The van der Waals surface area contributed by atoms with E-state index >= 15 is 0 Å². The van der Waals surface area contributed by atoms with E-state index in [1.54, 1.807) is 0 Å². The first kappa shape index (κ1) is 13.6. The quantitative estimate of drug-likeness (QED) is 0.931. The summed E-state index contributed by atoms with van der Waals surface area (Å²) >= 11 is 5.70. The SMILES string of the molecule is O=C(NC1CCN(c2ncc(Cl)cc2F)CC1)C1CC1. The van der Waals surface area contributed by atoms with E-state index in [-0.39, 0.29) is 17.9 Å². The number of hydrogen-bond donors (Lipinski definition) is 1. The summed E-state index contributed by atoms with van der Waals surface area (Å²) in [6, 6.07) is 1.49. The van der Waals surface area contributed by atoms with Crippen molar-refractivity contribution in [3.8, 4) is 0 Å². The van der Waals surface area contributed by atoms with Gasteiger partial charge in [0.1, 0.15) is 0 Å². The third-order valence-corrected chi connectivity index (χ3v) is 4.08. The van der Waals surface area contributed by atoms with Crippen molar-refractivity contribution >= 4 is 23.3 Å². The van der Waals surface area contributed by atoms with Gasteiger partial charge in [-0.25, -0.2) is 9.37 Å². The zero-order valence-corrected chi connectivity index (χ0v) is 11.9. The van der Waals surface area contributed by atoms with Gasteiger partial charge in [-0.2, -0.15) is 0 Å². The number of amides is 1. The van der Waals surface area contributed by atoms with E-state index in [1.165, 1.54) is 12.3 Å². The molecule has 2 heterocycles. The second-order valence-corrected chi connectivity index (χ2v) is 5.94. The molecule has 0 aromatic carbocycles. The Morgan fingerprint density at radius 3 is 2.65 bits per heavy atom. The van der Waals surface area contributed by atoms with Crippen LogP contribution < -0.4 is 10.2 Å². The molecule has 6 heteroatoms. The van der Waals surface area contributed by atoms with Crippen LogP contribution in [-0.4, -0.2) is 30.0 Å². The molecular weight excluding hydrogens is 281 g/mol. The fourth-order valence-corrected chi connectivity index (χ4v) is 2.68. The zero-order chi connectivity index (χ0) is 14.1. The topological polar surface area (TPSA) is 45.2 Å². The lowest BCUT2D eigenvalue weighted by Gasteiger charge is -2.33. The highest BCUT2D eigenvalue weighted by Gasteiger charge is 2.32. The molecule has 0 atom stereocenters. The van der Waals surface area contributed by atoms with Crippen molar-refractivity contribution in [3.05, 3.63) is 23.1 Å². The standard InChI is InChI=1S/C14H17ClFN3O/c15-10-7-12(16)13(17-8-10)19-5-3-11(4-6-19)18-14(20)9-1-2-9/h7-9,11H,1-6H2,(H,18,20). The highest BCUT2D eigenvalue weighted by atomic mass is 35.5. The molecule has 3 rings (SSSR count). The molecule has 2 fully saturated rings. The first-order valence-corrected chi connectivity index (χ1v) is 7.37. The van der Waals surface area contributed by atoms with Crippen LogP contribution in [0.25, 0.3) is 0 Å². The number of nitrogens with zero attached hydrogens (tertiary/aromatic N) is 2. The van der Waals surface area contributed by atoms with Crippen LogP contribution in [0.15, 0.2) is 12.3 Å². The summed E-state index contributed by atoms with van der Waals surface area (Å²) < 4.78 is 13.8. The molecule has 1 amide bonds. The summed E-state index contributed by atoms with van der Waals surface area (Å²) in [5.74, 6) is 0.377. The fourth-order valence-electron chi connectivity index (χ4n) is 2.54. The van der Waals surface area contributed by atoms with Crippen molar-refractivity contribution in [2.75, 3.05) is 18.0 Å². The van der Waals surface area contributed by atoms with Crippen LogP contribution in [0.4, 0.5) is 10.2 Å². The molecule has 1 saturated carbocycles. The number of halogens is 2. The molecule has 2 aliphatic rings. The number of aromatic nitrogens is 1. The number of carbonyl (C=O) groups excluding carboxylic acids is 1. The van der Waals surface area contributed by atoms with Gasteiger partial charge in [0.25, 0.3) is 0 Å². The van der Waals surface area contributed by atoms with Crippen molar-refractivity contribution in [3.63, 3.8) is 0 Å². The summed E-state index contributed by atoms with van der Waals surface area (Å²) in [5, 5.41) is 3.38. The predicted molar refractivity (Wildman–Crippen MR) is 75.3 cm³/mol. The summed E-state index contributed by atoms with van der Waals surface area (Å²) in [4.78, 5) is 17.7. The predicted octanol–water partition coefficient (Wildman–Crippen LogP) is 2.37. The minimum Gasteiger partial charge on any atom is -0.354 e. The van der Waals surface area contributed by atoms with Crippen LogP contribution in [0.2, 0.25) is 5.02 Å². The van der Waals surface area contributed by atoms with E-state index in [0.29, 0.717) is 23.9 Å². The van der Waals surface area contributed by atoms with E-state index in [2.05, 4.69) is 10.3 Å². The minimum atomic E-state index is -0.391. The lowest BCUT2D eigenvalue weighted by molar-refractivity contribution is -0.123. The molecule has 20 heavy (non-hydrogen) atoms. The second kappa shape index (κ2) is 5.56. The number of rotatable bonds is 3. The summed E-state index contributed by atoms with van der Waals surface area (Å²) in [5.41, 5.74) is 0. The second-order valence-electron chi connectivity index (χ2n) is 5.50. The molecule has 0 bridgehead atoms. The van der Waals surface area contributed by atoms with Gasteiger partial charge in [0.05, 0.1) is 5.02 Å². The lowest BCUT2D eigenvalue weighted by Crippen LogP contribution is -2.45. The monoisotopic (exact) mass is 297 g/mol. The van der Waals surface area contributed by atoms with Crippen LogP contribution in [0.5, 0.6) is 0 Å². The minimum absolute atomic E-state index is 0.180. The van der Waals surface area contributed by atoms with E-state index in [9.17, 15) is 9.18 Å². The van der Waals surface area contributed by atoms with Gasteiger partial charge < -0.3 is 10.2 Å². The van der Waals surface area contributed by atoms with Crippen molar-refractivity contribution in [1.29, 1.82) is 0 Å². The molecule has 0 unspecified atom stereocenters. The van der Waals surface area contributed by atoms with Gasteiger partial charge in [-0.3, -0.25) is 4.79 Å². The Balaban J connectivity index is 1.56. The number of piperidine rings is 1. The molecule has 1 aromatic heterocycles. The number of nitrogens with one attached hydrogen (secondary N) is 1. The van der Waals surface area contributed by atoms with Gasteiger partial charge in [0, 0.05) is 31.2 Å². The third kappa shape index (κ3) is 3.03. The lowest BCUT2D eigenvalue weighted by atomic mass is 10.0. The Kier molecular flexibility index (Phi) is 3.78. The van der Waals surface area contributed by atoms with Crippen molar-refractivity contribution in [1.82, 2.24) is 10.3 Å². The number of carbonyl (C=O) groups is 1. The molecule has 0 radical (unpaired) electrons. The molecule has 1 N–H and O–H groups in total. The molecule has 1 saturated heterocycles. The van der Waals surface area contributed by atoms with E-state index in [4.69, 9.17) is 11.6 Å². The largest absolute Gasteiger partial charge is 0.354 e. The molecule has 1 aromatic rings. The summed E-state index contributed by atoms with van der Waals surface area (Å²) in [6.07, 6.45) is 5.14. The Bertz CT molecular complexity index is 513. The first-order valence-electron chi connectivity index (χ1n) is 7.00. The van der Waals surface area contributed by atoms with Crippen LogP contribution in [-0.2, 0) is 4.79 Å². The fraction of sp³-hybridized carbons (Fsp3) is 0.571. The van der Waals surface area contributed by atoms with Crippen molar-refractivity contribution in [2.45, 2.75) is 31.7 Å². The summed E-state index contributed by atoms with van der Waals surface area (Å²) in [7, 11) is 0. The summed E-state index contributed by atoms with van der Waals surface area (Å²) in [6.45, 7) is 1.39. The molecular formula is C14H17ClFN3O. The number of hydrogen-bond acceptors (Lipinski definition) is 3. The van der Waals surface area contributed by atoms with Gasteiger partial charge >= 0.3 is 0 Å². The van der Waals surface area contributed by atoms with E-state index in [0.717, 1.165) is 25.7 Å². The Morgan fingerprint density at radius 2 is 2.05 bits per heavy atom. The average molecular weight is 298 g/mol. The van der Waals surface area contributed by atoms with E-state index < -0.39 is 5.82 Å². The van der Waals surface area contributed by atoms with Crippen LogP contribution in [0.3, 0.4) is 0 Å². The molecule has 108 valence electrons. The highest BCUT2D eigenvalue weighted by molar-refractivity contribution is 6.30. The number of anilines is 1. The Morgan fingerprint density at radius 1 is 1.35 bits per heavy atom. The van der Waals surface area contributed by atoms with Crippen LogP contribution in [0.1, 0.15) is 25.7 Å². The van der Waals surface area contributed by atoms with Gasteiger partial charge in [-0.1, -0.05) is 11.6 Å². The van der Waals surface area contributed by atoms with E-state index in [1.807, 2.05) is 4.90 Å². The molecule has 4 nitrogen and oxygen atoms in total. The van der Waals surface area contributed by atoms with Gasteiger partial charge in [-0.05, 0) is 31.7 Å². The molecule has 0 spiro atoms. The molecule has 1 aliphatic carbocycles. The van der Waals surface area contributed by atoms with Crippen LogP contribution in [0, 0.1) is 11.7 Å². The maximum atomic E-state index is 13.8. The zero-order valence-electron chi connectivity index (χ0n) is 11.1. The normalized spacial score (nSPS) is 20.0. The van der Waals surface area contributed by atoms with Gasteiger partial charge in [-0.15, -0.1) is 0 Å². The van der Waals surface area contributed by atoms with Crippen molar-refractivity contribution < 1.29 is 9.18 Å². The molecule has 1 aliphatic heterocycles. The van der Waals surface area contributed by atoms with Gasteiger partial charge in [0.15, 0.2) is 11.6 Å². The third-order valence-electron chi connectivity index (χ3n) is 3.88. The number of pyridine rings is 1. The Hall–Kier alpha value is -1.36. The van der Waals surface area contributed by atoms with Crippen molar-refractivity contribution in [2.24, 2.45) is 5.92 Å². The highest BCUT2D eigenvalue weighted by Crippen LogP contribution is 2.29. The van der Waals surface area contributed by atoms with Crippen LogP contribution >= 0.6 is 11.6 Å². The first-order chi connectivity index (χ1) is 9.63. The van der Waals surface area contributed by atoms with Gasteiger partial charge in [0.2, 0.25) is 5.91 Å². The maximum absolute atomic E-state index is 13.8.